The Bertz CT molecular complexity index is 201. The molecule has 0 saturated carbocycles. The first-order valence-electron chi connectivity index (χ1n) is 3.01. The zero-order valence-corrected chi connectivity index (χ0v) is 5.59. The topological polar surface area (TPSA) is 0 Å². The van der Waals surface area contributed by atoms with Crippen molar-refractivity contribution in [1.29, 1.82) is 0 Å². The van der Waals surface area contributed by atoms with Gasteiger partial charge in [0.25, 0.3) is 0 Å². The van der Waals surface area contributed by atoms with Crippen molar-refractivity contribution >= 4 is 13.0 Å². The molecular weight excluding hydrogens is 107 g/mol. The van der Waals surface area contributed by atoms with Crippen molar-refractivity contribution < 1.29 is 0 Å². The van der Waals surface area contributed by atoms with Gasteiger partial charge in [0, 0.05) is 0 Å². The molecule has 0 nitrogen and oxygen atoms in total. The third kappa shape index (κ3) is 1.53. The minimum absolute atomic E-state index is 1.12. The predicted octanol–water partition coefficient (Wildman–Crippen LogP) is 1.13. The normalized spacial score (nSPS) is 8.89. The van der Waals surface area contributed by atoms with Crippen LogP contribution in [0.3, 0.4) is 0 Å². The van der Waals surface area contributed by atoms with Gasteiger partial charge in [-0.2, -0.15) is 0 Å². The van der Waals surface area contributed by atoms with Gasteiger partial charge in [0.1, 0.15) is 0 Å². The Morgan fingerprint density at radius 1 is 1.22 bits per heavy atom. The molecule has 0 aliphatic rings. The van der Waals surface area contributed by atoms with Gasteiger partial charge in [0.15, 0.2) is 0 Å². The van der Waals surface area contributed by atoms with Gasteiger partial charge in [-0.25, -0.2) is 0 Å². The van der Waals surface area contributed by atoms with Crippen molar-refractivity contribution in [1.82, 2.24) is 0 Å². The van der Waals surface area contributed by atoms with Crippen LogP contribution in [0.15, 0.2) is 30.3 Å². The van der Waals surface area contributed by atoms with Crippen molar-refractivity contribution in [2.75, 3.05) is 0 Å². The Labute approximate surface area is 56.6 Å². The van der Waals surface area contributed by atoms with E-state index < -0.39 is 0 Å². The number of benzene rings is 1. The second-order valence-electron chi connectivity index (χ2n) is 2.15. The first-order valence-corrected chi connectivity index (χ1v) is 3.01. The van der Waals surface area contributed by atoms with Crippen molar-refractivity contribution in [2.24, 2.45) is 0 Å². The molecule has 0 atom stereocenters. The van der Waals surface area contributed by atoms with Crippen LogP contribution in [0.4, 0.5) is 0 Å². The van der Waals surface area contributed by atoms with E-state index in [0.717, 1.165) is 5.46 Å². The molecule has 0 radical (unpaired) electrons. The summed E-state index contributed by atoms with van der Waals surface area (Å²) in [5.41, 5.74) is 2.34. The second-order valence-corrected chi connectivity index (χ2v) is 2.15. The Morgan fingerprint density at radius 3 is 2.11 bits per heavy atom. The Kier molecular flexibility index (Phi) is 1.83. The van der Waals surface area contributed by atoms with Gasteiger partial charge in [-0.3, -0.25) is 0 Å². The Balaban J connectivity index is 2.98. The molecule has 1 aromatic carbocycles. The van der Waals surface area contributed by atoms with Crippen LogP contribution in [0.25, 0.3) is 0 Å². The minimum atomic E-state index is 1.12. The summed E-state index contributed by atoms with van der Waals surface area (Å²) in [6, 6.07) is 10.2. The molecule has 0 aromatic heterocycles. The maximum absolute atomic E-state index is 3.83. The molecule has 1 heteroatoms. The first-order chi connectivity index (χ1) is 4.30. The van der Waals surface area contributed by atoms with E-state index in [0.29, 0.717) is 0 Å². The fourth-order valence-corrected chi connectivity index (χ4v) is 0.723. The number of hydrogen-bond donors (Lipinski definition) is 0. The maximum atomic E-state index is 3.83. The van der Waals surface area contributed by atoms with Crippen LogP contribution in [-0.4, -0.2) is 13.0 Å². The molecule has 44 valence electrons. The molecule has 1 rings (SSSR count). The molecule has 0 heterocycles. The zero-order chi connectivity index (χ0) is 6.69. The van der Waals surface area contributed by atoms with E-state index in [-0.39, 0.29) is 0 Å². The van der Waals surface area contributed by atoms with Crippen LogP contribution in [0.1, 0.15) is 12.5 Å². The molecule has 0 saturated heterocycles. The van der Waals surface area contributed by atoms with Crippen molar-refractivity contribution in [3.8, 4) is 0 Å². The average Bonchev–Trinajstić information content (AvgIpc) is 1.90. The summed E-state index contributed by atoms with van der Waals surface area (Å²) < 4.78 is 0. The van der Waals surface area contributed by atoms with Gasteiger partial charge in [-0.15, -0.1) is 0 Å². The van der Waals surface area contributed by atoms with Crippen LogP contribution >= 0.6 is 0 Å². The van der Waals surface area contributed by atoms with E-state index in [1.165, 1.54) is 5.56 Å². The number of hydrogen-bond acceptors (Lipinski definition) is 0. The zero-order valence-electron chi connectivity index (χ0n) is 5.59. The first kappa shape index (κ1) is 6.28. The quantitative estimate of drug-likeness (QED) is 0.482. The van der Waals surface area contributed by atoms with E-state index >= 15 is 0 Å². The monoisotopic (exact) mass is 116 g/mol. The summed E-state index contributed by atoms with van der Waals surface area (Å²) in [7, 11) is 3.83. The summed E-state index contributed by atoms with van der Waals surface area (Å²) in [4.78, 5) is 0. The van der Waals surface area contributed by atoms with Gasteiger partial charge in [0.2, 0.25) is 0 Å². The fourth-order valence-electron chi connectivity index (χ4n) is 0.723. The molecule has 0 aliphatic carbocycles. The summed E-state index contributed by atoms with van der Waals surface area (Å²) in [6.07, 6.45) is 0. The van der Waals surface area contributed by atoms with Gasteiger partial charge < -0.3 is 0 Å². The van der Waals surface area contributed by atoms with E-state index in [1.807, 2.05) is 25.1 Å². The molecule has 0 N–H and O–H groups in total. The van der Waals surface area contributed by atoms with Gasteiger partial charge >= 0.3 is 55.8 Å². The van der Waals surface area contributed by atoms with Crippen LogP contribution in [0.2, 0.25) is 0 Å². The van der Waals surface area contributed by atoms with Crippen molar-refractivity contribution in [3.05, 3.63) is 35.9 Å². The molecule has 1 aromatic rings. The van der Waals surface area contributed by atoms with Crippen LogP contribution in [0, 0.1) is 0 Å². The van der Waals surface area contributed by atoms with Gasteiger partial charge in [-0.1, -0.05) is 0 Å². The molecule has 0 aliphatic heterocycles. The predicted molar refractivity (Wildman–Crippen MR) is 43.4 cm³/mol. The third-order valence-corrected chi connectivity index (χ3v) is 1.27. The summed E-state index contributed by atoms with van der Waals surface area (Å²) in [6.45, 7) is 2.01. The Morgan fingerprint density at radius 2 is 1.78 bits per heavy atom. The molecule has 0 amide bonds. The van der Waals surface area contributed by atoms with Gasteiger partial charge in [0.05, 0.1) is 0 Å². The molecule has 0 fully saturated rings. The summed E-state index contributed by atoms with van der Waals surface area (Å²) in [5, 5.41) is 0. The summed E-state index contributed by atoms with van der Waals surface area (Å²) >= 11 is 0. The van der Waals surface area contributed by atoms with E-state index in [2.05, 4.69) is 19.6 Å². The average molecular weight is 116 g/mol. The van der Waals surface area contributed by atoms with E-state index in [4.69, 9.17) is 0 Å². The molecule has 9 heavy (non-hydrogen) atoms. The van der Waals surface area contributed by atoms with Crippen LogP contribution in [0.5, 0.6) is 0 Å². The third-order valence-electron chi connectivity index (χ3n) is 1.27. The fraction of sp³-hybridized carbons (Fsp3) is 0.125. The van der Waals surface area contributed by atoms with Crippen molar-refractivity contribution in [2.45, 2.75) is 6.92 Å². The molecule has 0 bridgehead atoms. The standard InChI is InChI=1S/C8H9B/c1-7(9)8-5-3-2-4-6-8/h2-6,9H,1H3. The number of rotatable bonds is 1. The van der Waals surface area contributed by atoms with Crippen LogP contribution in [-0.2, 0) is 0 Å². The van der Waals surface area contributed by atoms with Gasteiger partial charge in [-0.05, 0) is 0 Å². The van der Waals surface area contributed by atoms with E-state index in [1.54, 1.807) is 0 Å². The Hall–Kier alpha value is -0.845. The second kappa shape index (κ2) is 2.63. The molecule has 0 spiro atoms. The molecule has 0 unspecified atom stereocenters. The molecular formula is C8H9B. The van der Waals surface area contributed by atoms with Crippen LogP contribution < -0.4 is 0 Å². The van der Waals surface area contributed by atoms with E-state index in [9.17, 15) is 0 Å². The SMILES string of the molecule is B=C(C)c1ccccc1. The van der Waals surface area contributed by atoms with Crippen molar-refractivity contribution in [3.63, 3.8) is 0 Å². The summed E-state index contributed by atoms with van der Waals surface area (Å²) in [5.74, 6) is 0.